The molecule has 1 aromatic carbocycles. The van der Waals surface area contributed by atoms with Gasteiger partial charge in [-0.2, -0.15) is 14.9 Å². The van der Waals surface area contributed by atoms with Crippen molar-refractivity contribution in [2.24, 2.45) is 5.10 Å². The maximum absolute atomic E-state index is 5.27. The van der Waals surface area contributed by atoms with E-state index in [0.717, 1.165) is 16.9 Å². The van der Waals surface area contributed by atoms with Gasteiger partial charge in [0, 0.05) is 5.56 Å². The zero-order valence-corrected chi connectivity index (χ0v) is 12.7. The van der Waals surface area contributed by atoms with Crippen LogP contribution in [0, 0.1) is 4.77 Å². The molecule has 0 amide bonds. The predicted molar refractivity (Wildman–Crippen MR) is 89.1 cm³/mol. The number of benzene rings is 1. The van der Waals surface area contributed by atoms with E-state index in [1.54, 1.807) is 17.2 Å². The van der Waals surface area contributed by atoms with Crippen LogP contribution in [0.15, 0.2) is 63.8 Å². The smallest absolute Gasteiger partial charge is 0.216 e. The number of allylic oxidation sites excluding steroid dienone is 1. The fraction of sp³-hybridized carbons (Fsp3) is 0.0625. The molecule has 0 spiro atoms. The number of aromatic amines is 1. The van der Waals surface area contributed by atoms with Gasteiger partial charge in [0.25, 0.3) is 0 Å². The molecule has 0 aliphatic carbocycles. The normalized spacial score (nSPS) is 12.1. The second-order valence-electron chi connectivity index (χ2n) is 4.68. The minimum atomic E-state index is 0.445. The quantitative estimate of drug-likeness (QED) is 0.582. The topological polar surface area (TPSA) is 59.1 Å². The summed E-state index contributed by atoms with van der Waals surface area (Å²) in [5.74, 6) is 1.45. The summed E-state index contributed by atoms with van der Waals surface area (Å²) in [6.07, 6.45) is 5.26. The van der Waals surface area contributed by atoms with Gasteiger partial charge in [0.2, 0.25) is 4.77 Å². The number of nitrogens with zero attached hydrogens (tertiary/aromatic N) is 3. The molecule has 2 aromatic heterocycles. The molecule has 0 saturated carbocycles. The largest absolute Gasteiger partial charge is 0.465 e. The average Bonchev–Trinajstić information content (AvgIpc) is 3.16. The Kier molecular flexibility index (Phi) is 4.11. The minimum Gasteiger partial charge on any atom is -0.465 e. The highest BCUT2D eigenvalue weighted by atomic mass is 32.1. The van der Waals surface area contributed by atoms with Crippen molar-refractivity contribution in [1.29, 1.82) is 0 Å². The molecule has 2 heterocycles. The number of rotatable bonds is 4. The average molecular weight is 310 g/mol. The fourth-order valence-corrected chi connectivity index (χ4v) is 2.14. The first-order valence-electron chi connectivity index (χ1n) is 6.73. The molecule has 0 atom stereocenters. The van der Waals surface area contributed by atoms with Gasteiger partial charge in [-0.25, -0.2) is 5.10 Å². The van der Waals surface area contributed by atoms with Crippen molar-refractivity contribution in [3.05, 3.63) is 64.8 Å². The highest BCUT2D eigenvalue weighted by Gasteiger charge is 2.06. The summed E-state index contributed by atoms with van der Waals surface area (Å²) < 4.78 is 7.32. The van der Waals surface area contributed by atoms with Crippen LogP contribution in [0.3, 0.4) is 0 Å². The lowest BCUT2D eigenvalue weighted by atomic mass is 10.2. The molecule has 0 fully saturated rings. The molecule has 110 valence electrons. The summed E-state index contributed by atoms with van der Waals surface area (Å²) in [4.78, 5) is 0. The van der Waals surface area contributed by atoms with Gasteiger partial charge in [-0.05, 0) is 42.9 Å². The van der Waals surface area contributed by atoms with Crippen molar-refractivity contribution in [3.8, 4) is 11.4 Å². The summed E-state index contributed by atoms with van der Waals surface area (Å²) >= 11 is 5.23. The van der Waals surface area contributed by atoms with Crippen molar-refractivity contribution in [1.82, 2.24) is 14.9 Å². The highest BCUT2D eigenvalue weighted by molar-refractivity contribution is 7.71. The number of furan rings is 1. The number of nitrogens with one attached hydrogen (secondary N) is 1. The van der Waals surface area contributed by atoms with E-state index >= 15 is 0 Å². The second-order valence-corrected chi connectivity index (χ2v) is 5.07. The Morgan fingerprint density at radius 1 is 1.27 bits per heavy atom. The lowest BCUT2D eigenvalue weighted by molar-refractivity contribution is 0.557. The Morgan fingerprint density at radius 2 is 2.09 bits per heavy atom. The van der Waals surface area contributed by atoms with Crippen molar-refractivity contribution in [2.45, 2.75) is 6.92 Å². The minimum absolute atomic E-state index is 0.445. The van der Waals surface area contributed by atoms with Crippen LogP contribution in [-0.4, -0.2) is 21.1 Å². The Morgan fingerprint density at radius 3 is 2.82 bits per heavy atom. The van der Waals surface area contributed by atoms with E-state index in [4.69, 9.17) is 16.6 Å². The number of H-pyrrole nitrogens is 1. The van der Waals surface area contributed by atoms with Crippen LogP contribution in [0.25, 0.3) is 17.5 Å². The lowest BCUT2D eigenvalue weighted by Gasteiger charge is -2.00. The highest BCUT2D eigenvalue weighted by Crippen LogP contribution is 2.16. The van der Waals surface area contributed by atoms with Crippen LogP contribution >= 0.6 is 12.2 Å². The van der Waals surface area contributed by atoms with Crippen LogP contribution in [0.1, 0.15) is 12.7 Å². The van der Waals surface area contributed by atoms with Gasteiger partial charge in [-0.1, -0.05) is 30.3 Å². The van der Waals surface area contributed by atoms with Crippen LogP contribution < -0.4 is 0 Å². The molecule has 0 aliphatic heterocycles. The van der Waals surface area contributed by atoms with Crippen LogP contribution in [0.4, 0.5) is 0 Å². The molecule has 0 bridgehead atoms. The van der Waals surface area contributed by atoms with E-state index in [9.17, 15) is 0 Å². The van der Waals surface area contributed by atoms with Crippen molar-refractivity contribution >= 4 is 24.5 Å². The lowest BCUT2D eigenvalue weighted by Crippen LogP contribution is -1.94. The first-order chi connectivity index (χ1) is 10.7. The van der Waals surface area contributed by atoms with Crippen molar-refractivity contribution in [3.63, 3.8) is 0 Å². The van der Waals surface area contributed by atoms with E-state index in [1.807, 2.05) is 55.5 Å². The monoisotopic (exact) mass is 310 g/mol. The third kappa shape index (κ3) is 3.12. The van der Waals surface area contributed by atoms with Gasteiger partial charge in [-0.15, -0.1) is 0 Å². The zero-order valence-electron chi connectivity index (χ0n) is 11.9. The number of hydrogen-bond donors (Lipinski definition) is 1. The molecule has 5 nitrogen and oxygen atoms in total. The van der Waals surface area contributed by atoms with E-state index in [0.29, 0.717) is 10.6 Å². The number of hydrogen-bond acceptors (Lipinski definition) is 4. The van der Waals surface area contributed by atoms with Gasteiger partial charge in [0.05, 0.1) is 12.5 Å². The van der Waals surface area contributed by atoms with Gasteiger partial charge in [-0.3, -0.25) is 0 Å². The van der Waals surface area contributed by atoms with Gasteiger partial charge in [0.1, 0.15) is 5.76 Å². The van der Waals surface area contributed by atoms with Gasteiger partial charge < -0.3 is 4.42 Å². The van der Waals surface area contributed by atoms with E-state index in [1.165, 1.54) is 0 Å². The summed E-state index contributed by atoms with van der Waals surface area (Å²) in [6, 6.07) is 13.5. The van der Waals surface area contributed by atoms with E-state index < -0.39 is 0 Å². The van der Waals surface area contributed by atoms with Crippen LogP contribution in [0.5, 0.6) is 0 Å². The summed E-state index contributed by atoms with van der Waals surface area (Å²) in [5.41, 5.74) is 1.89. The standard InChI is InChI=1S/C16H14N4OS/c1-12(10-14-8-5-9-21-14)11-17-20-15(18-19-16(20)22)13-6-3-2-4-7-13/h2-11H,1H3,(H,19,22)/b12-10+,17-11?. The predicted octanol–water partition coefficient (Wildman–Crippen LogP) is 4.14. The molecule has 6 heteroatoms. The van der Waals surface area contributed by atoms with Gasteiger partial charge >= 0.3 is 0 Å². The molecule has 3 rings (SSSR count). The number of aromatic nitrogens is 3. The molecule has 0 radical (unpaired) electrons. The second kappa shape index (κ2) is 6.36. The van der Waals surface area contributed by atoms with Crippen LogP contribution in [-0.2, 0) is 0 Å². The van der Waals surface area contributed by atoms with Gasteiger partial charge in [0.15, 0.2) is 5.82 Å². The SMILES string of the molecule is C/C(C=Nn1c(-c2ccccc2)n[nH]c1=S)=C\c1ccco1. The molecule has 1 N–H and O–H groups in total. The molecule has 22 heavy (non-hydrogen) atoms. The Hall–Kier alpha value is -2.73. The maximum atomic E-state index is 5.27. The Labute approximate surface area is 132 Å². The molecule has 0 aliphatic rings. The Balaban J connectivity index is 1.91. The molecular formula is C16H14N4OS. The zero-order chi connectivity index (χ0) is 15.4. The summed E-state index contributed by atoms with van der Waals surface area (Å²) in [6.45, 7) is 1.94. The molecule has 0 saturated heterocycles. The third-order valence-electron chi connectivity index (χ3n) is 2.97. The van der Waals surface area contributed by atoms with Crippen molar-refractivity contribution < 1.29 is 4.42 Å². The maximum Gasteiger partial charge on any atom is 0.216 e. The fourth-order valence-electron chi connectivity index (χ4n) is 1.96. The molecule has 0 unspecified atom stereocenters. The summed E-state index contributed by atoms with van der Waals surface area (Å²) in [5, 5.41) is 11.4. The first kappa shape index (κ1) is 14.2. The van der Waals surface area contributed by atoms with Crippen molar-refractivity contribution in [2.75, 3.05) is 0 Å². The van der Waals surface area contributed by atoms with E-state index in [2.05, 4.69) is 15.3 Å². The molecule has 3 aromatic rings. The van der Waals surface area contributed by atoms with E-state index in [-0.39, 0.29) is 0 Å². The third-order valence-corrected chi connectivity index (χ3v) is 3.24. The molecular weight excluding hydrogens is 296 g/mol. The first-order valence-corrected chi connectivity index (χ1v) is 7.14. The Bertz CT molecular complexity index is 857. The summed E-state index contributed by atoms with van der Waals surface area (Å²) in [7, 11) is 0. The van der Waals surface area contributed by atoms with Crippen LogP contribution in [0.2, 0.25) is 0 Å².